The Kier molecular flexibility index (Phi) is 6.39. The fraction of sp³-hybridized carbons (Fsp3) is 0.875. The molecule has 0 aromatic carbocycles. The molecular weight excluding hydrogens is 158 g/mol. The summed E-state index contributed by atoms with van der Waals surface area (Å²) in [7, 11) is 0. The van der Waals surface area contributed by atoms with Crippen molar-refractivity contribution in [2.24, 2.45) is 0 Å². The Morgan fingerprint density at radius 3 is 2.64 bits per heavy atom. The van der Waals surface area contributed by atoms with Crippen LogP contribution in [0.15, 0.2) is 0 Å². The Morgan fingerprint density at radius 1 is 1.64 bits per heavy atom. The van der Waals surface area contributed by atoms with Gasteiger partial charge in [-0.25, -0.2) is 0 Å². The van der Waals surface area contributed by atoms with Crippen LogP contribution in [-0.4, -0.2) is 22.2 Å². The van der Waals surface area contributed by atoms with Crippen LogP contribution in [0.5, 0.6) is 0 Å². The van der Waals surface area contributed by atoms with Crippen molar-refractivity contribution in [1.82, 2.24) is 0 Å². The lowest BCUT2D eigenvalue weighted by Crippen LogP contribution is -2.06. The third kappa shape index (κ3) is 5.11. The van der Waals surface area contributed by atoms with E-state index in [0.717, 1.165) is 12.8 Å². The van der Waals surface area contributed by atoms with E-state index in [1.54, 1.807) is 11.8 Å². The van der Waals surface area contributed by atoms with Gasteiger partial charge in [-0.15, -0.1) is 11.8 Å². The highest BCUT2D eigenvalue weighted by Crippen LogP contribution is 2.21. The quantitative estimate of drug-likeness (QED) is 0.689. The summed E-state index contributed by atoms with van der Waals surface area (Å²) in [6.45, 7) is 4.27. The third-order valence-corrected chi connectivity index (χ3v) is 2.91. The van der Waals surface area contributed by atoms with E-state index in [0.29, 0.717) is 5.25 Å². The molecule has 3 heteroatoms. The first-order valence-corrected chi connectivity index (χ1v) is 4.84. The number of hydrogen-bond donors (Lipinski definition) is 1. The van der Waals surface area contributed by atoms with Crippen LogP contribution >= 0.6 is 11.8 Å². The summed E-state index contributed by atoms with van der Waals surface area (Å²) >= 11 is 1.65. The second kappa shape index (κ2) is 6.51. The third-order valence-electron chi connectivity index (χ3n) is 1.45. The fourth-order valence-corrected chi connectivity index (χ4v) is 1.80. The molecule has 0 fully saturated rings. The first kappa shape index (κ1) is 10.8. The van der Waals surface area contributed by atoms with E-state index in [-0.39, 0.29) is 11.9 Å². The van der Waals surface area contributed by atoms with E-state index in [2.05, 4.69) is 6.07 Å². The maximum atomic E-state index is 8.61. The summed E-state index contributed by atoms with van der Waals surface area (Å²) in [5.74, 6) is 0. The average Bonchev–Trinajstić information content (AvgIpc) is 2.01. The van der Waals surface area contributed by atoms with Gasteiger partial charge in [-0.1, -0.05) is 13.8 Å². The number of nitriles is 1. The van der Waals surface area contributed by atoms with Crippen LogP contribution < -0.4 is 0 Å². The van der Waals surface area contributed by atoms with Gasteiger partial charge >= 0.3 is 0 Å². The molecule has 0 saturated heterocycles. The van der Waals surface area contributed by atoms with Crippen molar-refractivity contribution < 1.29 is 5.11 Å². The number of rotatable bonds is 5. The molecule has 11 heavy (non-hydrogen) atoms. The molecule has 0 heterocycles. The Balaban J connectivity index is 3.55. The Labute approximate surface area is 72.6 Å². The number of aliphatic hydroxyl groups excluding tert-OH is 1. The standard InChI is InChI=1S/C8H15NOS/c1-3-8(6-9)11-7(2)4-5-10/h7-8,10H,3-5H2,1-2H3. The molecule has 0 bridgehead atoms. The molecular formula is C8H15NOS. The lowest BCUT2D eigenvalue weighted by Gasteiger charge is -2.11. The second-order valence-corrected chi connectivity index (χ2v) is 4.13. The van der Waals surface area contributed by atoms with Gasteiger partial charge in [0, 0.05) is 11.9 Å². The largest absolute Gasteiger partial charge is 0.396 e. The number of aliphatic hydroxyl groups is 1. The van der Waals surface area contributed by atoms with Gasteiger partial charge < -0.3 is 5.11 Å². The van der Waals surface area contributed by atoms with Crippen LogP contribution in [0.1, 0.15) is 26.7 Å². The van der Waals surface area contributed by atoms with Gasteiger partial charge in [0.1, 0.15) is 0 Å². The molecule has 0 amide bonds. The minimum absolute atomic E-state index is 0.0940. The van der Waals surface area contributed by atoms with Gasteiger partial charge in [0.15, 0.2) is 0 Å². The highest BCUT2D eigenvalue weighted by molar-refractivity contribution is 8.00. The van der Waals surface area contributed by atoms with Crippen molar-refractivity contribution >= 4 is 11.8 Å². The zero-order valence-corrected chi connectivity index (χ0v) is 7.90. The van der Waals surface area contributed by atoms with Crippen molar-refractivity contribution in [2.45, 2.75) is 37.2 Å². The Morgan fingerprint density at radius 2 is 2.27 bits per heavy atom. The predicted molar refractivity (Wildman–Crippen MR) is 48.4 cm³/mol. The van der Waals surface area contributed by atoms with Crippen molar-refractivity contribution in [1.29, 1.82) is 5.26 Å². The Bertz CT molecular complexity index is 133. The molecule has 0 aliphatic rings. The molecule has 2 atom stereocenters. The van der Waals surface area contributed by atoms with Crippen molar-refractivity contribution in [3.05, 3.63) is 0 Å². The summed E-state index contributed by atoms with van der Waals surface area (Å²) in [5.41, 5.74) is 0. The van der Waals surface area contributed by atoms with Crippen molar-refractivity contribution in [3.63, 3.8) is 0 Å². The van der Waals surface area contributed by atoms with Crippen molar-refractivity contribution in [2.75, 3.05) is 6.61 Å². The molecule has 0 aliphatic heterocycles. The van der Waals surface area contributed by atoms with Crippen LogP contribution in [0.3, 0.4) is 0 Å². The summed E-state index contributed by atoms with van der Waals surface area (Å²) in [6.07, 6.45) is 1.67. The molecule has 0 saturated carbocycles. The van der Waals surface area contributed by atoms with Gasteiger partial charge in [0.2, 0.25) is 0 Å². The van der Waals surface area contributed by atoms with Crippen LogP contribution in [0.2, 0.25) is 0 Å². The molecule has 2 unspecified atom stereocenters. The van der Waals surface area contributed by atoms with Gasteiger partial charge in [0.25, 0.3) is 0 Å². The van der Waals surface area contributed by atoms with E-state index in [1.807, 2.05) is 13.8 Å². The Hall–Kier alpha value is -0.200. The van der Waals surface area contributed by atoms with E-state index >= 15 is 0 Å². The molecule has 0 aromatic rings. The lowest BCUT2D eigenvalue weighted by molar-refractivity contribution is 0.289. The van der Waals surface area contributed by atoms with Crippen LogP contribution in [0.25, 0.3) is 0 Å². The maximum Gasteiger partial charge on any atom is 0.0916 e. The first-order valence-electron chi connectivity index (χ1n) is 3.90. The molecule has 0 aliphatic carbocycles. The number of nitrogens with zero attached hydrogens (tertiary/aromatic N) is 1. The fourth-order valence-electron chi connectivity index (χ4n) is 0.748. The monoisotopic (exact) mass is 173 g/mol. The number of thioether (sulfide) groups is 1. The smallest absolute Gasteiger partial charge is 0.0916 e. The molecule has 0 radical (unpaired) electrons. The van der Waals surface area contributed by atoms with E-state index in [4.69, 9.17) is 10.4 Å². The van der Waals surface area contributed by atoms with Crippen LogP contribution in [-0.2, 0) is 0 Å². The highest BCUT2D eigenvalue weighted by Gasteiger charge is 2.09. The predicted octanol–water partition coefficient (Wildman–Crippen LogP) is 1.79. The minimum atomic E-state index is 0.0940. The van der Waals surface area contributed by atoms with Crippen molar-refractivity contribution in [3.8, 4) is 6.07 Å². The average molecular weight is 173 g/mol. The SMILES string of the molecule is CCC(C#N)SC(C)CCO. The normalized spacial score (nSPS) is 15.5. The summed E-state index contributed by atoms with van der Waals surface area (Å²) < 4.78 is 0. The van der Waals surface area contributed by atoms with E-state index < -0.39 is 0 Å². The molecule has 1 N–H and O–H groups in total. The van der Waals surface area contributed by atoms with Gasteiger partial charge in [0.05, 0.1) is 11.3 Å². The van der Waals surface area contributed by atoms with E-state index in [1.165, 1.54) is 0 Å². The minimum Gasteiger partial charge on any atom is -0.396 e. The van der Waals surface area contributed by atoms with Crippen LogP contribution in [0.4, 0.5) is 0 Å². The van der Waals surface area contributed by atoms with E-state index in [9.17, 15) is 0 Å². The second-order valence-electron chi connectivity index (χ2n) is 2.48. The highest BCUT2D eigenvalue weighted by atomic mass is 32.2. The topological polar surface area (TPSA) is 44.0 Å². The maximum absolute atomic E-state index is 8.61. The lowest BCUT2D eigenvalue weighted by atomic mass is 10.3. The van der Waals surface area contributed by atoms with Gasteiger partial charge in [-0.2, -0.15) is 5.26 Å². The zero-order valence-electron chi connectivity index (χ0n) is 7.08. The summed E-state index contributed by atoms with van der Waals surface area (Å²) in [5, 5.41) is 17.7. The molecule has 0 rings (SSSR count). The molecule has 0 aromatic heterocycles. The number of hydrogen-bond acceptors (Lipinski definition) is 3. The van der Waals surface area contributed by atoms with Gasteiger partial charge in [-0.3, -0.25) is 0 Å². The van der Waals surface area contributed by atoms with Crippen LogP contribution in [0, 0.1) is 11.3 Å². The summed E-state index contributed by atoms with van der Waals surface area (Å²) in [6, 6.07) is 2.22. The first-order chi connectivity index (χ1) is 5.24. The molecule has 2 nitrogen and oxygen atoms in total. The molecule has 64 valence electrons. The van der Waals surface area contributed by atoms with Gasteiger partial charge in [-0.05, 0) is 12.8 Å². The zero-order chi connectivity index (χ0) is 8.69. The summed E-state index contributed by atoms with van der Waals surface area (Å²) in [4.78, 5) is 0. The molecule has 0 spiro atoms.